The van der Waals surface area contributed by atoms with Crippen LogP contribution in [0.15, 0.2) is 6.07 Å². The van der Waals surface area contributed by atoms with Crippen LogP contribution in [0.5, 0.6) is 0 Å². The zero-order valence-electron chi connectivity index (χ0n) is 11.0. The number of nitrogens with one attached hydrogen (secondary N) is 1. The number of thiophene rings is 1. The van der Waals surface area contributed by atoms with Gasteiger partial charge in [0, 0.05) is 23.6 Å². The summed E-state index contributed by atoms with van der Waals surface area (Å²) in [5.74, 6) is 0.837. The van der Waals surface area contributed by atoms with Gasteiger partial charge in [0.2, 0.25) is 5.28 Å². The van der Waals surface area contributed by atoms with Gasteiger partial charge in [-0.15, -0.1) is 11.3 Å². The summed E-state index contributed by atoms with van der Waals surface area (Å²) in [5, 5.41) is 4.90. The minimum Gasteiger partial charge on any atom is -0.381 e. The van der Waals surface area contributed by atoms with Gasteiger partial charge in [-0.3, -0.25) is 0 Å². The Hall–Kier alpha value is -0.910. The quantitative estimate of drug-likeness (QED) is 0.860. The largest absolute Gasteiger partial charge is 0.381 e. The fraction of sp³-hybridized carbons (Fsp3) is 0.538. The second kappa shape index (κ2) is 4.89. The van der Waals surface area contributed by atoms with Crippen LogP contribution in [0.4, 0.5) is 5.82 Å². The molecular weight excluding hydrogens is 282 g/mol. The number of fused-ring (bicyclic) bond motifs is 1. The molecule has 4 nitrogen and oxygen atoms in total. The lowest BCUT2D eigenvalue weighted by Crippen LogP contribution is -2.40. The Kier molecular flexibility index (Phi) is 3.37. The van der Waals surface area contributed by atoms with Crippen molar-refractivity contribution < 1.29 is 4.74 Å². The number of ether oxygens (including phenoxy) is 1. The summed E-state index contributed by atoms with van der Waals surface area (Å²) in [7, 11) is 0. The Morgan fingerprint density at radius 3 is 2.84 bits per heavy atom. The lowest BCUT2D eigenvalue weighted by molar-refractivity contribution is 0.0657. The number of aryl methyl sites for hydroxylation is 1. The van der Waals surface area contributed by atoms with E-state index in [2.05, 4.69) is 35.2 Å². The third-order valence-corrected chi connectivity index (χ3v) is 4.62. The third kappa shape index (κ3) is 2.68. The van der Waals surface area contributed by atoms with Crippen LogP contribution in [-0.2, 0) is 4.74 Å². The van der Waals surface area contributed by atoms with Gasteiger partial charge in [0.25, 0.3) is 0 Å². The smallest absolute Gasteiger partial charge is 0.225 e. The second-order valence-corrected chi connectivity index (χ2v) is 6.79. The number of aromatic nitrogens is 2. The second-order valence-electron chi connectivity index (χ2n) is 5.22. The lowest BCUT2D eigenvalue weighted by Gasteiger charge is -2.35. The molecule has 0 saturated carbocycles. The summed E-state index contributed by atoms with van der Waals surface area (Å²) < 4.78 is 5.42. The van der Waals surface area contributed by atoms with E-state index in [1.165, 1.54) is 4.88 Å². The van der Waals surface area contributed by atoms with E-state index in [1.54, 1.807) is 11.3 Å². The molecule has 3 rings (SSSR count). The molecule has 0 aromatic carbocycles. The maximum Gasteiger partial charge on any atom is 0.225 e. The highest BCUT2D eigenvalue weighted by molar-refractivity contribution is 7.18. The van der Waals surface area contributed by atoms with Crippen molar-refractivity contribution in [1.82, 2.24) is 9.97 Å². The Balaban J connectivity index is 1.99. The minimum absolute atomic E-state index is 0.0126. The van der Waals surface area contributed by atoms with Crippen molar-refractivity contribution in [2.24, 2.45) is 0 Å². The van der Waals surface area contributed by atoms with Gasteiger partial charge in [-0.05, 0) is 44.4 Å². The highest BCUT2D eigenvalue weighted by atomic mass is 35.5. The molecule has 0 spiro atoms. The molecular formula is C13H16ClN3OS. The van der Waals surface area contributed by atoms with E-state index in [9.17, 15) is 0 Å². The first kappa shape index (κ1) is 13.1. The van der Waals surface area contributed by atoms with Gasteiger partial charge < -0.3 is 10.1 Å². The zero-order chi connectivity index (χ0) is 13.5. The van der Waals surface area contributed by atoms with E-state index >= 15 is 0 Å². The van der Waals surface area contributed by atoms with Crippen molar-refractivity contribution in [1.29, 1.82) is 0 Å². The Morgan fingerprint density at radius 1 is 1.37 bits per heavy atom. The van der Waals surface area contributed by atoms with Crippen LogP contribution in [0.2, 0.25) is 5.28 Å². The lowest BCUT2D eigenvalue weighted by atomic mass is 9.92. The summed E-state index contributed by atoms with van der Waals surface area (Å²) in [5.41, 5.74) is 0.0126. The van der Waals surface area contributed by atoms with E-state index in [4.69, 9.17) is 16.3 Å². The summed E-state index contributed by atoms with van der Waals surface area (Å²) in [6.45, 7) is 5.85. The predicted molar refractivity (Wildman–Crippen MR) is 79.2 cm³/mol. The normalized spacial score (nSPS) is 18.7. The first-order chi connectivity index (χ1) is 9.06. The fourth-order valence-corrected chi connectivity index (χ4v) is 3.44. The van der Waals surface area contributed by atoms with Crippen molar-refractivity contribution in [3.63, 3.8) is 0 Å². The van der Waals surface area contributed by atoms with E-state index in [1.807, 2.05) is 0 Å². The predicted octanol–water partition coefficient (Wildman–Crippen LogP) is 3.63. The molecule has 1 fully saturated rings. The highest BCUT2D eigenvalue weighted by Crippen LogP contribution is 2.33. The zero-order valence-corrected chi connectivity index (χ0v) is 12.6. The SMILES string of the molecule is Cc1cc2c(NC3(C)CCOCC3)nc(Cl)nc2s1. The van der Waals surface area contributed by atoms with Crippen molar-refractivity contribution in [2.75, 3.05) is 18.5 Å². The van der Waals surface area contributed by atoms with Gasteiger partial charge in [0.15, 0.2) is 0 Å². The molecule has 19 heavy (non-hydrogen) atoms. The Labute approximate surface area is 121 Å². The van der Waals surface area contributed by atoms with Gasteiger partial charge in [0.05, 0.1) is 5.39 Å². The molecule has 2 aromatic heterocycles. The number of nitrogens with zero attached hydrogens (tertiary/aromatic N) is 2. The molecule has 1 saturated heterocycles. The van der Waals surface area contributed by atoms with Crippen LogP contribution >= 0.6 is 22.9 Å². The van der Waals surface area contributed by atoms with Crippen molar-refractivity contribution in [3.8, 4) is 0 Å². The molecule has 0 unspecified atom stereocenters. The van der Waals surface area contributed by atoms with Crippen LogP contribution in [-0.4, -0.2) is 28.7 Å². The summed E-state index contributed by atoms with van der Waals surface area (Å²) in [4.78, 5) is 10.8. The molecule has 1 aliphatic rings. The van der Waals surface area contributed by atoms with Gasteiger partial charge in [0.1, 0.15) is 10.6 Å². The van der Waals surface area contributed by atoms with Crippen LogP contribution in [0.1, 0.15) is 24.6 Å². The van der Waals surface area contributed by atoms with Gasteiger partial charge >= 0.3 is 0 Å². The molecule has 2 aromatic rings. The Morgan fingerprint density at radius 2 is 2.11 bits per heavy atom. The number of anilines is 1. The summed E-state index contributed by atoms with van der Waals surface area (Å²) in [6.07, 6.45) is 1.94. The molecule has 0 radical (unpaired) electrons. The van der Waals surface area contributed by atoms with Gasteiger partial charge in [-0.1, -0.05) is 0 Å². The summed E-state index contributed by atoms with van der Waals surface area (Å²) in [6, 6.07) is 2.11. The minimum atomic E-state index is 0.0126. The molecule has 6 heteroatoms. The van der Waals surface area contributed by atoms with Crippen molar-refractivity contribution in [3.05, 3.63) is 16.2 Å². The average Bonchev–Trinajstić information content (AvgIpc) is 2.70. The monoisotopic (exact) mass is 297 g/mol. The van der Waals surface area contributed by atoms with E-state index in [-0.39, 0.29) is 5.54 Å². The summed E-state index contributed by atoms with van der Waals surface area (Å²) >= 11 is 7.66. The molecule has 1 aliphatic heterocycles. The maximum absolute atomic E-state index is 6.02. The van der Waals surface area contributed by atoms with Crippen LogP contribution in [0, 0.1) is 6.92 Å². The van der Waals surface area contributed by atoms with Crippen LogP contribution in [0.25, 0.3) is 10.2 Å². The van der Waals surface area contributed by atoms with Crippen LogP contribution < -0.4 is 5.32 Å². The molecule has 0 atom stereocenters. The van der Waals surface area contributed by atoms with Crippen LogP contribution in [0.3, 0.4) is 0 Å². The number of hydrogen-bond donors (Lipinski definition) is 1. The van der Waals surface area contributed by atoms with Gasteiger partial charge in [-0.25, -0.2) is 9.97 Å². The van der Waals surface area contributed by atoms with Crippen molar-refractivity contribution in [2.45, 2.75) is 32.2 Å². The van der Waals surface area contributed by atoms with E-state index in [0.29, 0.717) is 5.28 Å². The number of hydrogen-bond acceptors (Lipinski definition) is 5. The molecule has 1 N–H and O–H groups in total. The average molecular weight is 298 g/mol. The molecule has 0 bridgehead atoms. The van der Waals surface area contributed by atoms with Crippen molar-refractivity contribution >= 4 is 39.0 Å². The first-order valence-corrected chi connectivity index (χ1v) is 7.55. The first-order valence-electron chi connectivity index (χ1n) is 6.35. The molecule has 0 aliphatic carbocycles. The van der Waals surface area contributed by atoms with E-state index < -0.39 is 0 Å². The molecule has 102 valence electrons. The third-order valence-electron chi connectivity index (χ3n) is 3.51. The molecule has 0 amide bonds. The molecule has 3 heterocycles. The number of halogens is 1. The standard InChI is InChI=1S/C13H16ClN3OS/c1-8-7-9-10(15-12(14)16-11(9)19-8)17-13(2)3-5-18-6-4-13/h7H,3-6H2,1-2H3,(H,15,16,17). The highest BCUT2D eigenvalue weighted by Gasteiger charge is 2.28. The van der Waals surface area contributed by atoms with E-state index in [0.717, 1.165) is 42.1 Å². The maximum atomic E-state index is 6.02. The Bertz CT molecular complexity index is 607. The topological polar surface area (TPSA) is 47.0 Å². The van der Waals surface area contributed by atoms with Gasteiger partial charge in [-0.2, -0.15) is 0 Å². The number of rotatable bonds is 2. The fourth-order valence-electron chi connectivity index (χ4n) is 2.34.